The maximum absolute atomic E-state index is 4.32. The molecule has 0 fully saturated rings. The SMILES string of the molecule is C=C(CC(C)C)NC1=NCC(C)=C1. The third kappa shape index (κ3) is 3.45. The highest BCUT2D eigenvalue weighted by atomic mass is 15.0. The normalized spacial score (nSPS) is 15.7. The zero-order chi connectivity index (χ0) is 9.84. The van der Waals surface area contributed by atoms with Crippen molar-refractivity contribution in [3.8, 4) is 0 Å². The molecule has 2 heteroatoms. The van der Waals surface area contributed by atoms with Crippen molar-refractivity contribution in [2.24, 2.45) is 10.9 Å². The van der Waals surface area contributed by atoms with Crippen molar-refractivity contribution in [3.63, 3.8) is 0 Å². The first-order valence-electron chi connectivity index (χ1n) is 4.74. The van der Waals surface area contributed by atoms with Crippen LogP contribution in [0.25, 0.3) is 0 Å². The zero-order valence-electron chi connectivity index (χ0n) is 8.72. The van der Waals surface area contributed by atoms with Crippen LogP contribution < -0.4 is 5.32 Å². The van der Waals surface area contributed by atoms with Gasteiger partial charge in [0.25, 0.3) is 0 Å². The highest BCUT2D eigenvalue weighted by Gasteiger charge is 2.05. The molecule has 13 heavy (non-hydrogen) atoms. The van der Waals surface area contributed by atoms with Crippen LogP contribution in [0, 0.1) is 5.92 Å². The Morgan fingerprint density at radius 3 is 2.85 bits per heavy atom. The molecular formula is C11H18N2. The van der Waals surface area contributed by atoms with E-state index in [1.807, 2.05) is 0 Å². The van der Waals surface area contributed by atoms with Crippen LogP contribution in [0.2, 0.25) is 0 Å². The van der Waals surface area contributed by atoms with Gasteiger partial charge in [0.15, 0.2) is 0 Å². The number of allylic oxidation sites excluding steroid dienone is 1. The predicted octanol–water partition coefficient (Wildman–Crippen LogP) is 2.49. The maximum atomic E-state index is 4.32. The number of nitrogens with one attached hydrogen (secondary N) is 1. The van der Waals surface area contributed by atoms with Gasteiger partial charge >= 0.3 is 0 Å². The molecule has 0 saturated heterocycles. The fourth-order valence-corrected chi connectivity index (χ4v) is 1.34. The van der Waals surface area contributed by atoms with Gasteiger partial charge in [-0.2, -0.15) is 0 Å². The van der Waals surface area contributed by atoms with E-state index in [0.717, 1.165) is 24.5 Å². The molecule has 2 nitrogen and oxygen atoms in total. The lowest BCUT2D eigenvalue weighted by Gasteiger charge is -2.09. The predicted molar refractivity (Wildman–Crippen MR) is 57.8 cm³/mol. The van der Waals surface area contributed by atoms with Crippen LogP contribution in [0.4, 0.5) is 0 Å². The number of amidine groups is 1. The van der Waals surface area contributed by atoms with E-state index in [1.165, 1.54) is 5.57 Å². The van der Waals surface area contributed by atoms with Crippen LogP contribution in [0.15, 0.2) is 28.9 Å². The van der Waals surface area contributed by atoms with Crippen LogP contribution in [-0.2, 0) is 0 Å². The third-order valence-corrected chi connectivity index (χ3v) is 1.84. The fourth-order valence-electron chi connectivity index (χ4n) is 1.34. The summed E-state index contributed by atoms with van der Waals surface area (Å²) in [7, 11) is 0. The van der Waals surface area contributed by atoms with Crippen molar-refractivity contribution < 1.29 is 0 Å². The van der Waals surface area contributed by atoms with E-state index in [1.54, 1.807) is 0 Å². The summed E-state index contributed by atoms with van der Waals surface area (Å²) >= 11 is 0. The van der Waals surface area contributed by atoms with E-state index in [-0.39, 0.29) is 0 Å². The van der Waals surface area contributed by atoms with E-state index >= 15 is 0 Å². The van der Waals surface area contributed by atoms with Gasteiger partial charge in [-0.3, -0.25) is 4.99 Å². The Bertz CT molecular complexity index is 259. The molecule has 0 spiro atoms. The van der Waals surface area contributed by atoms with E-state index in [4.69, 9.17) is 0 Å². The van der Waals surface area contributed by atoms with E-state index < -0.39 is 0 Å². The Labute approximate surface area is 80.4 Å². The number of hydrogen-bond acceptors (Lipinski definition) is 2. The summed E-state index contributed by atoms with van der Waals surface area (Å²) in [6.07, 6.45) is 3.08. The van der Waals surface area contributed by atoms with Gasteiger partial charge in [0.1, 0.15) is 5.84 Å². The molecular weight excluding hydrogens is 160 g/mol. The van der Waals surface area contributed by atoms with Crippen LogP contribution >= 0.6 is 0 Å². The van der Waals surface area contributed by atoms with Crippen molar-refractivity contribution in [2.75, 3.05) is 6.54 Å². The molecule has 0 saturated carbocycles. The number of aliphatic imine (C=N–C) groups is 1. The maximum Gasteiger partial charge on any atom is 0.125 e. The Morgan fingerprint density at radius 2 is 2.38 bits per heavy atom. The highest BCUT2D eigenvalue weighted by molar-refractivity contribution is 5.96. The molecule has 1 rings (SSSR count). The molecule has 0 atom stereocenters. The summed E-state index contributed by atoms with van der Waals surface area (Å²) < 4.78 is 0. The molecule has 1 aliphatic rings. The topological polar surface area (TPSA) is 24.4 Å². The van der Waals surface area contributed by atoms with E-state index in [2.05, 4.69) is 43.7 Å². The standard InChI is InChI=1S/C11H18N2/c1-8(2)5-10(4)13-11-6-9(3)7-12-11/h6,8H,4-5,7H2,1-3H3,(H,12,13). The summed E-state index contributed by atoms with van der Waals surface area (Å²) in [6.45, 7) is 11.2. The monoisotopic (exact) mass is 178 g/mol. The quantitative estimate of drug-likeness (QED) is 0.705. The second-order valence-corrected chi connectivity index (χ2v) is 4.02. The lowest BCUT2D eigenvalue weighted by atomic mass is 10.1. The molecule has 0 amide bonds. The molecule has 0 radical (unpaired) electrons. The molecule has 72 valence electrons. The van der Waals surface area contributed by atoms with Gasteiger partial charge in [-0.25, -0.2) is 0 Å². The first kappa shape index (κ1) is 10.0. The largest absolute Gasteiger partial charge is 0.345 e. The van der Waals surface area contributed by atoms with Gasteiger partial charge in [0.05, 0.1) is 6.54 Å². The molecule has 1 heterocycles. The molecule has 0 aliphatic carbocycles. The van der Waals surface area contributed by atoms with Crippen LogP contribution in [0.5, 0.6) is 0 Å². The molecule has 0 aromatic carbocycles. The Kier molecular flexibility index (Phi) is 3.29. The Balaban J connectivity index is 2.37. The highest BCUT2D eigenvalue weighted by Crippen LogP contribution is 2.08. The Hall–Kier alpha value is -1.05. The molecule has 0 unspecified atom stereocenters. The summed E-state index contributed by atoms with van der Waals surface area (Å²) in [5.74, 6) is 1.61. The van der Waals surface area contributed by atoms with E-state index in [9.17, 15) is 0 Å². The van der Waals surface area contributed by atoms with Crippen molar-refractivity contribution in [1.82, 2.24) is 5.32 Å². The van der Waals surface area contributed by atoms with Crippen molar-refractivity contribution >= 4 is 5.84 Å². The molecule has 0 aromatic heterocycles. The average molecular weight is 178 g/mol. The first-order valence-corrected chi connectivity index (χ1v) is 4.74. The lowest BCUT2D eigenvalue weighted by molar-refractivity contribution is 0.629. The minimum atomic E-state index is 0.645. The summed E-state index contributed by atoms with van der Waals surface area (Å²) in [4.78, 5) is 4.32. The van der Waals surface area contributed by atoms with Crippen LogP contribution in [0.3, 0.4) is 0 Å². The Morgan fingerprint density at radius 1 is 1.69 bits per heavy atom. The third-order valence-electron chi connectivity index (χ3n) is 1.84. The van der Waals surface area contributed by atoms with Crippen molar-refractivity contribution in [1.29, 1.82) is 0 Å². The van der Waals surface area contributed by atoms with E-state index in [0.29, 0.717) is 5.92 Å². The number of rotatable bonds is 3. The van der Waals surface area contributed by atoms with Gasteiger partial charge in [0.2, 0.25) is 0 Å². The van der Waals surface area contributed by atoms with Crippen molar-refractivity contribution in [3.05, 3.63) is 23.9 Å². The lowest BCUT2D eigenvalue weighted by Crippen LogP contribution is -2.19. The second kappa shape index (κ2) is 4.26. The smallest absolute Gasteiger partial charge is 0.125 e. The average Bonchev–Trinajstić information content (AvgIpc) is 2.33. The van der Waals surface area contributed by atoms with Crippen LogP contribution in [0.1, 0.15) is 27.2 Å². The van der Waals surface area contributed by atoms with Crippen LogP contribution in [-0.4, -0.2) is 12.4 Å². The molecule has 1 N–H and O–H groups in total. The summed E-state index contributed by atoms with van der Waals surface area (Å²) in [5, 5.41) is 3.22. The van der Waals surface area contributed by atoms with Gasteiger partial charge in [-0.1, -0.05) is 20.4 Å². The van der Waals surface area contributed by atoms with Gasteiger partial charge in [-0.05, 0) is 30.9 Å². The molecule has 0 aromatic rings. The summed E-state index contributed by atoms with van der Waals surface area (Å²) in [6, 6.07) is 0. The number of hydrogen-bond donors (Lipinski definition) is 1. The van der Waals surface area contributed by atoms with Gasteiger partial charge in [0, 0.05) is 5.70 Å². The number of nitrogens with zero attached hydrogens (tertiary/aromatic N) is 1. The van der Waals surface area contributed by atoms with Gasteiger partial charge < -0.3 is 5.32 Å². The minimum absolute atomic E-state index is 0.645. The second-order valence-electron chi connectivity index (χ2n) is 4.02. The summed E-state index contributed by atoms with van der Waals surface area (Å²) in [5.41, 5.74) is 2.36. The molecule has 1 aliphatic heterocycles. The minimum Gasteiger partial charge on any atom is -0.345 e. The van der Waals surface area contributed by atoms with Gasteiger partial charge in [-0.15, -0.1) is 0 Å². The molecule has 0 bridgehead atoms. The first-order chi connectivity index (χ1) is 6.08. The zero-order valence-corrected chi connectivity index (χ0v) is 8.72. The van der Waals surface area contributed by atoms with Crippen molar-refractivity contribution in [2.45, 2.75) is 27.2 Å². The fraction of sp³-hybridized carbons (Fsp3) is 0.545.